The van der Waals surface area contributed by atoms with E-state index >= 15 is 0 Å². The number of esters is 1. The number of nitrogens with zero attached hydrogens (tertiary/aromatic N) is 4. The van der Waals surface area contributed by atoms with Crippen molar-refractivity contribution in [1.29, 1.82) is 0 Å². The minimum atomic E-state index is -0.654. The van der Waals surface area contributed by atoms with E-state index in [0.29, 0.717) is 11.6 Å². The third-order valence-corrected chi connectivity index (χ3v) is 3.69. The van der Waals surface area contributed by atoms with Gasteiger partial charge in [-0.1, -0.05) is 30.3 Å². The van der Waals surface area contributed by atoms with E-state index < -0.39 is 5.92 Å². The first kappa shape index (κ1) is 15.0. The standard InChI is InChI=1S/C17H18N4O2/c1-20-10-8-18-15(20)14(16-19-9-11-21(16)2)17(22)23-12-13-6-4-3-5-7-13/h3-11,14H,12H2,1-2H3. The van der Waals surface area contributed by atoms with E-state index in [4.69, 9.17) is 4.74 Å². The maximum atomic E-state index is 12.7. The van der Waals surface area contributed by atoms with Crippen molar-refractivity contribution in [3.8, 4) is 0 Å². The average molecular weight is 310 g/mol. The molecule has 0 radical (unpaired) electrons. The van der Waals surface area contributed by atoms with Crippen LogP contribution in [0.2, 0.25) is 0 Å². The Hall–Kier alpha value is -2.89. The molecule has 0 saturated carbocycles. The van der Waals surface area contributed by atoms with Gasteiger partial charge in [0.2, 0.25) is 0 Å². The molecule has 23 heavy (non-hydrogen) atoms. The molecule has 0 atom stereocenters. The molecule has 1 aromatic carbocycles. The number of hydrogen-bond acceptors (Lipinski definition) is 4. The van der Waals surface area contributed by atoms with Crippen LogP contribution in [0.5, 0.6) is 0 Å². The van der Waals surface area contributed by atoms with Gasteiger partial charge in [-0.25, -0.2) is 9.97 Å². The molecule has 0 aliphatic heterocycles. The molecule has 3 rings (SSSR count). The van der Waals surface area contributed by atoms with Crippen molar-refractivity contribution in [2.24, 2.45) is 14.1 Å². The van der Waals surface area contributed by atoms with Gasteiger partial charge < -0.3 is 13.9 Å². The summed E-state index contributed by atoms with van der Waals surface area (Å²) in [6.07, 6.45) is 6.93. The van der Waals surface area contributed by atoms with Crippen LogP contribution in [0, 0.1) is 0 Å². The number of carbonyl (C=O) groups is 1. The van der Waals surface area contributed by atoms with Crippen molar-refractivity contribution in [1.82, 2.24) is 19.1 Å². The Morgan fingerprint density at radius 2 is 1.61 bits per heavy atom. The Balaban J connectivity index is 1.85. The SMILES string of the molecule is Cn1ccnc1C(C(=O)OCc1ccccc1)c1nccn1C. The van der Waals surface area contributed by atoms with Crippen LogP contribution >= 0.6 is 0 Å². The lowest BCUT2D eigenvalue weighted by Gasteiger charge is -2.16. The lowest BCUT2D eigenvalue weighted by molar-refractivity contribution is -0.146. The molecule has 6 heteroatoms. The summed E-state index contributed by atoms with van der Waals surface area (Å²) in [6, 6.07) is 9.60. The minimum Gasteiger partial charge on any atom is -0.460 e. The van der Waals surface area contributed by atoms with E-state index in [1.165, 1.54) is 0 Å². The fraction of sp³-hybridized carbons (Fsp3) is 0.235. The van der Waals surface area contributed by atoms with Gasteiger partial charge in [-0.3, -0.25) is 4.79 Å². The van der Waals surface area contributed by atoms with E-state index in [0.717, 1.165) is 5.56 Å². The number of hydrogen-bond donors (Lipinski definition) is 0. The highest BCUT2D eigenvalue weighted by atomic mass is 16.5. The second kappa shape index (κ2) is 6.48. The number of ether oxygens (including phenoxy) is 1. The molecule has 2 aromatic heterocycles. The van der Waals surface area contributed by atoms with Gasteiger partial charge in [-0.05, 0) is 5.56 Å². The van der Waals surface area contributed by atoms with Crippen molar-refractivity contribution in [3.63, 3.8) is 0 Å². The van der Waals surface area contributed by atoms with Gasteiger partial charge in [0.1, 0.15) is 18.3 Å². The summed E-state index contributed by atoms with van der Waals surface area (Å²) >= 11 is 0. The van der Waals surface area contributed by atoms with Crippen molar-refractivity contribution < 1.29 is 9.53 Å². The molecule has 0 aliphatic rings. The summed E-state index contributed by atoms with van der Waals surface area (Å²) in [5.74, 6) is 0.200. The quantitative estimate of drug-likeness (QED) is 0.677. The molecule has 0 saturated heterocycles. The third-order valence-electron chi connectivity index (χ3n) is 3.69. The number of aryl methyl sites for hydroxylation is 2. The zero-order valence-electron chi connectivity index (χ0n) is 13.1. The number of benzene rings is 1. The predicted octanol–water partition coefficient (Wildman–Crippen LogP) is 2.03. The molecule has 0 N–H and O–H groups in total. The van der Waals surface area contributed by atoms with Crippen molar-refractivity contribution in [2.75, 3.05) is 0 Å². The van der Waals surface area contributed by atoms with Crippen LogP contribution in [0.3, 0.4) is 0 Å². The molecule has 0 aliphatic carbocycles. The van der Waals surface area contributed by atoms with Gasteiger partial charge in [0.15, 0.2) is 5.92 Å². The van der Waals surface area contributed by atoms with Gasteiger partial charge in [-0.15, -0.1) is 0 Å². The molecule has 118 valence electrons. The summed E-state index contributed by atoms with van der Waals surface area (Å²) in [7, 11) is 3.70. The lowest BCUT2D eigenvalue weighted by Crippen LogP contribution is -2.23. The molecule has 0 bridgehead atoms. The molecule has 2 heterocycles. The number of rotatable bonds is 5. The Labute approximate surface area is 134 Å². The van der Waals surface area contributed by atoms with E-state index in [9.17, 15) is 4.79 Å². The second-order valence-corrected chi connectivity index (χ2v) is 5.32. The van der Waals surface area contributed by atoms with E-state index in [1.807, 2.05) is 53.6 Å². The Kier molecular flexibility index (Phi) is 4.23. The van der Waals surface area contributed by atoms with Crippen LogP contribution in [-0.2, 0) is 30.2 Å². The normalized spacial score (nSPS) is 10.9. The van der Waals surface area contributed by atoms with Crippen LogP contribution in [0.15, 0.2) is 55.1 Å². The average Bonchev–Trinajstić information content (AvgIpc) is 3.17. The summed E-state index contributed by atoms with van der Waals surface area (Å²) in [5, 5.41) is 0. The van der Waals surface area contributed by atoms with E-state index in [1.54, 1.807) is 24.8 Å². The van der Waals surface area contributed by atoms with Gasteiger partial charge >= 0.3 is 5.97 Å². The molecular weight excluding hydrogens is 292 g/mol. The fourth-order valence-corrected chi connectivity index (χ4v) is 2.45. The predicted molar refractivity (Wildman–Crippen MR) is 84.5 cm³/mol. The van der Waals surface area contributed by atoms with Crippen molar-refractivity contribution in [2.45, 2.75) is 12.5 Å². The fourth-order valence-electron chi connectivity index (χ4n) is 2.45. The van der Waals surface area contributed by atoms with Crippen LogP contribution in [0.4, 0.5) is 0 Å². The minimum absolute atomic E-state index is 0.227. The van der Waals surface area contributed by atoms with Crippen molar-refractivity contribution >= 4 is 5.97 Å². The van der Waals surface area contributed by atoms with Crippen LogP contribution in [0.25, 0.3) is 0 Å². The molecule has 0 amide bonds. The molecular formula is C17H18N4O2. The molecule has 0 unspecified atom stereocenters. The summed E-state index contributed by atoms with van der Waals surface area (Å²) in [6.45, 7) is 0.227. The zero-order valence-corrected chi connectivity index (χ0v) is 13.1. The maximum absolute atomic E-state index is 12.7. The first-order valence-electron chi connectivity index (χ1n) is 7.32. The highest BCUT2D eigenvalue weighted by Gasteiger charge is 2.31. The van der Waals surface area contributed by atoms with Crippen LogP contribution in [-0.4, -0.2) is 25.1 Å². The van der Waals surface area contributed by atoms with Crippen LogP contribution in [0.1, 0.15) is 23.1 Å². The topological polar surface area (TPSA) is 61.9 Å². The number of imidazole rings is 2. The largest absolute Gasteiger partial charge is 0.460 e. The molecule has 3 aromatic rings. The molecule has 6 nitrogen and oxygen atoms in total. The van der Waals surface area contributed by atoms with Gasteiger partial charge in [0.05, 0.1) is 0 Å². The molecule has 0 spiro atoms. The highest BCUT2D eigenvalue weighted by Crippen LogP contribution is 2.23. The number of aromatic nitrogens is 4. The van der Waals surface area contributed by atoms with E-state index in [-0.39, 0.29) is 12.6 Å². The zero-order chi connectivity index (χ0) is 16.2. The maximum Gasteiger partial charge on any atom is 0.324 e. The van der Waals surface area contributed by atoms with Gasteiger partial charge in [0.25, 0.3) is 0 Å². The Bertz CT molecular complexity index is 752. The first-order valence-corrected chi connectivity index (χ1v) is 7.32. The van der Waals surface area contributed by atoms with E-state index in [2.05, 4.69) is 9.97 Å². The Morgan fingerprint density at radius 1 is 1.04 bits per heavy atom. The summed E-state index contributed by atoms with van der Waals surface area (Å²) in [4.78, 5) is 21.3. The first-order chi connectivity index (χ1) is 11.2. The third kappa shape index (κ3) is 3.15. The molecule has 0 fully saturated rings. The monoisotopic (exact) mass is 310 g/mol. The van der Waals surface area contributed by atoms with Gasteiger partial charge in [-0.2, -0.15) is 0 Å². The lowest BCUT2D eigenvalue weighted by atomic mass is 10.1. The number of carbonyl (C=O) groups excluding carboxylic acids is 1. The second-order valence-electron chi connectivity index (χ2n) is 5.32. The summed E-state index contributed by atoms with van der Waals surface area (Å²) < 4.78 is 9.12. The Morgan fingerprint density at radius 3 is 2.09 bits per heavy atom. The van der Waals surface area contributed by atoms with Gasteiger partial charge in [0, 0.05) is 38.9 Å². The van der Waals surface area contributed by atoms with Crippen molar-refractivity contribution in [3.05, 3.63) is 72.3 Å². The highest BCUT2D eigenvalue weighted by molar-refractivity contribution is 5.80. The summed E-state index contributed by atoms with van der Waals surface area (Å²) in [5.41, 5.74) is 0.944. The smallest absolute Gasteiger partial charge is 0.324 e. The van der Waals surface area contributed by atoms with Crippen LogP contribution < -0.4 is 0 Å².